The molecule has 15 heavy (non-hydrogen) atoms. The first-order valence-corrected chi connectivity index (χ1v) is 6.08. The summed E-state index contributed by atoms with van der Waals surface area (Å²) in [6.45, 7) is 8.29. The van der Waals surface area contributed by atoms with Gasteiger partial charge in [-0.2, -0.15) is 0 Å². The molecule has 0 aromatic heterocycles. The molecule has 0 amide bonds. The van der Waals surface area contributed by atoms with Gasteiger partial charge in [-0.3, -0.25) is 0 Å². The monoisotopic (exact) mass is 214 g/mol. The molecule has 0 N–H and O–H groups in total. The zero-order valence-electron chi connectivity index (χ0n) is 10.2. The lowest BCUT2D eigenvalue weighted by atomic mass is 9.92. The van der Waals surface area contributed by atoms with Gasteiger partial charge in [-0.1, -0.05) is 20.3 Å². The van der Waals surface area contributed by atoms with Gasteiger partial charge >= 0.3 is 0 Å². The van der Waals surface area contributed by atoms with Gasteiger partial charge in [0.1, 0.15) is 6.10 Å². The van der Waals surface area contributed by atoms with E-state index in [-0.39, 0.29) is 12.4 Å². The van der Waals surface area contributed by atoms with Gasteiger partial charge in [-0.15, -0.1) is 0 Å². The molecular formula is C12H22O3. The summed E-state index contributed by atoms with van der Waals surface area (Å²) in [6.07, 6.45) is 3.71. The summed E-state index contributed by atoms with van der Waals surface area (Å²) >= 11 is 0. The lowest BCUT2D eigenvalue weighted by Gasteiger charge is -2.24. The number of rotatable bonds is 3. The molecule has 88 valence electrons. The van der Waals surface area contributed by atoms with Crippen molar-refractivity contribution in [2.75, 3.05) is 0 Å². The Morgan fingerprint density at radius 2 is 1.87 bits per heavy atom. The molecule has 0 saturated carbocycles. The summed E-state index contributed by atoms with van der Waals surface area (Å²) in [6, 6.07) is 0. The van der Waals surface area contributed by atoms with Gasteiger partial charge in [0.25, 0.3) is 0 Å². The number of hydrogen-bond donors (Lipinski definition) is 0. The maximum absolute atomic E-state index is 5.92. The number of fused-ring (bicyclic) bond motifs is 1. The minimum atomic E-state index is -0.472. The first-order chi connectivity index (χ1) is 7.07. The van der Waals surface area contributed by atoms with Crippen LogP contribution in [-0.4, -0.2) is 24.3 Å². The van der Waals surface area contributed by atoms with Gasteiger partial charge < -0.3 is 14.2 Å². The first kappa shape index (κ1) is 11.4. The molecule has 2 fully saturated rings. The predicted molar refractivity (Wildman–Crippen MR) is 57.4 cm³/mol. The molecule has 0 radical (unpaired) electrons. The molecule has 0 aliphatic carbocycles. The van der Waals surface area contributed by atoms with Crippen molar-refractivity contribution in [3.8, 4) is 0 Å². The zero-order chi connectivity index (χ0) is 11.1. The smallest absolute Gasteiger partial charge is 0.187 e. The highest BCUT2D eigenvalue weighted by Crippen LogP contribution is 2.43. The maximum atomic E-state index is 5.92. The van der Waals surface area contributed by atoms with E-state index in [0.29, 0.717) is 12.0 Å². The van der Waals surface area contributed by atoms with Gasteiger partial charge in [0.15, 0.2) is 12.1 Å². The van der Waals surface area contributed by atoms with Crippen molar-refractivity contribution in [2.24, 2.45) is 5.92 Å². The molecule has 1 unspecified atom stereocenters. The van der Waals surface area contributed by atoms with E-state index >= 15 is 0 Å². The Labute approximate surface area is 92.1 Å². The second-order valence-electron chi connectivity index (χ2n) is 5.00. The van der Waals surface area contributed by atoms with E-state index in [9.17, 15) is 0 Å². The van der Waals surface area contributed by atoms with Crippen LogP contribution in [0.25, 0.3) is 0 Å². The molecular weight excluding hydrogens is 192 g/mol. The predicted octanol–water partition coefficient (Wildman–Crippen LogP) is 2.69. The second kappa shape index (κ2) is 4.04. The van der Waals surface area contributed by atoms with Crippen molar-refractivity contribution in [1.82, 2.24) is 0 Å². The minimum Gasteiger partial charge on any atom is -0.346 e. The fraction of sp³-hybridized carbons (Fsp3) is 1.00. The largest absolute Gasteiger partial charge is 0.346 e. The lowest BCUT2D eigenvalue weighted by Crippen LogP contribution is -2.29. The Balaban J connectivity index is 2.07. The highest BCUT2D eigenvalue weighted by Gasteiger charge is 2.53. The van der Waals surface area contributed by atoms with Crippen LogP contribution in [0.5, 0.6) is 0 Å². The molecule has 2 heterocycles. The van der Waals surface area contributed by atoms with Crippen LogP contribution in [0.15, 0.2) is 0 Å². The zero-order valence-corrected chi connectivity index (χ0v) is 10.2. The molecule has 4 atom stereocenters. The Hall–Kier alpha value is -0.120. The topological polar surface area (TPSA) is 27.7 Å². The lowest BCUT2D eigenvalue weighted by molar-refractivity contribution is -0.210. The normalized spacial score (nSPS) is 43.2. The van der Waals surface area contributed by atoms with Gasteiger partial charge in [0, 0.05) is 5.92 Å². The quantitative estimate of drug-likeness (QED) is 0.723. The third kappa shape index (κ3) is 2.05. The highest BCUT2D eigenvalue weighted by molar-refractivity contribution is 4.91. The van der Waals surface area contributed by atoms with E-state index in [1.54, 1.807) is 0 Å². The van der Waals surface area contributed by atoms with Crippen LogP contribution in [0.2, 0.25) is 0 Å². The van der Waals surface area contributed by atoms with Crippen LogP contribution in [0.1, 0.15) is 47.0 Å². The van der Waals surface area contributed by atoms with E-state index in [1.165, 1.54) is 12.8 Å². The molecule has 2 rings (SSSR count). The summed E-state index contributed by atoms with van der Waals surface area (Å²) in [5.41, 5.74) is 0. The molecule has 0 spiro atoms. The van der Waals surface area contributed by atoms with Crippen LogP contribution < -0.4 is 0 Å². The Bertz CT molecular complexity index is 227. The van der Waals surface area contributed by atoms with Crippen LogP contribution in [0.4, 0.5) is 0 Å². The van der Waals surface area contributed by atoms with Gasteiger partial charge in [-0.25, -0.2) is 0 Å². The molecule has 2 saturated heterocycles. The van der Waals surface area contributed by atoms with E-state index in [4.69, 9.17) is 14.2 Å². The molecule has 3 heteroatoms. The van der Waals surface area contributed by atoms with Gasteiger partial charge in [0.2, 0.25) is 0 Å². The maximum Gasteiger partial charge on any atom is 0.187 e. The molecule has 2 aliphatic rings. The Morgan fingerprint density at radius 1 is 1.13 bits per heavy atom. The molecule has 0 aromatic carbocycles. The van der Waals surface area contributed by atoms with Crippen LogP contribution in [0.3, 0.4) is 0 Å². The standard InChI is InChI=1S/C12H22O3/c1-5-7-8-9(6-2)13-11-10(8)14-12(3,4)15-11/h8-11H,5-7H2,1-4H3/t8-,9+,10?,11+/m0/s1. The summed E-state index contributed by atoms with van der Waals surface area (Å²) in [5.74, 6) is 0.0341. The van der Waals surface area contributed by atoms with E-state index < -0.39 is 5.79 Å². The van der Waals surface area contributed by atoms with Crippen LogP contribution in [-0.2, 0) is 14.2 Å². The Kier molecular flexibility index (Phi) is 3.06. The van der Waals surface area contributed by atoms with E-state index in [2.05, 4.69) is 13.8 Å². The summed E-state index contributed by atoms with van der Waals surface area (Å²) in [7, 11) is 0. The molecule has 2 aliphatic heterocycles. The fourth-order valence-electron chi connectivity index (χ4n) is 2.72. The van der Waals surface area contributed by atoms with Gasteiger partial charge in [0.05, 0.1) is 6.10 Å². The third-order valence-electron chi connectivity index (χ3n) is 3.32. The summed E-state index contributed by atoms with van der Waals surface area (Å²) in [5, 5.41) is 0. The number of ether oxygens (including phenoxy) is 3. The number of hydrogen-bond acceptors (Lipinski definition) is 3. The summed E-state index contributed by atoms with van der Waals surface area (Å²) in [4.78, 5) is 0. The van der Waals surface area contributed by atoms with E-state index in [0.717, 1.165) is 6.42 Å². The van der Waals surface area contributed by atoms with Crippen molar-refractivity contribution in [1.29, 1.82) is 0 Å². The van der Waals surface area contributed by atoms with Crippen molar-refractivity contribution < 1.29 is 14.2 Å². The van der Waals surface area contributed by atoms with E-state index in [1.807, 2.05) is 13.8 Å². The van der Waals surface area contributed by atoms with Crippen molar-refractivity contribution in [3.05, 3.63) is 0 Å². The third-order valence-corrected chi connectivity index (χ3v) is 3.32. The van der Waals surface area contributed by atoms with Crippen molar-refractivity contribution >= 4 is 0 Å². The molecule has 0 aromatic rings. The summed E-state index contributed by atoms with van der Waals surface area (Å²) < 4.78 is 17.5. The molecule has 0 bridgehead atoms. The van der Waals surface area contributed by atoms with Crippen molar-refractivity contribution in [2.45, 2.75) is 71.2 Å². The second-order valence-corrected chi connectivity index (χ2v) is 5.00. The average molecular weight is 214 g/mol. The highest BCUT2D eigenvalue weighted by atomic mass is 16.8. The SMILES string of the molecule is CCC[C@@H]1C2OC(C)(C)O[C@H]2O[C@@H]1CC. The average Bonchev–Trinajstić information content (AvgIpc) is 2.60. The fourth-order valence-corrected chi connectivity index (χ4v) is 2.72. The molecule has 3 nitrogen and oxygen atoms in total. The van der Waals surface area contributed by atoms with Crippen LogP contribution >= 0.6 is 0 Å². The first-order valence-electron chi connectivity index (χ1n) is 6.08. The van der Waals surface area contributed by atoms with Crippen molar-refractivity contribution in [3.63, 3.8) is 0 Å². The Morgan fingerprint density at radius 3 is 2.47 bits per heavy atom. The van der Waals surface area contributed by atoms with Crippen LogP contribution in [0, 0.1) is 5.92 Å². The van der Waals surface area contributed by atoms with Gasteiger partial charge in [-0.05, 0) is 26.7 Å². The minimum absolute atomic E-state index is 0.138.